The van der Waals surface area contributed by atoms with Crippen LogP contribution in [0.3, 0.4) is 0 Å². The number of carbonyl (C=O) groups excluding carboxylic acids is 1. The first-order valence-electron chi connectivity index (χ1n) is 7.95. The second-order valence-electron chi connectivity index (χ2n) is 6.18. The molecule has 6 nitrogen and oxygen atoms in total. The van der Waals surface area contributed by atoms with Gasteiger partial charge in [-0.25, -0.2) is 9.78 Å². The summed E-state index contributed by atoms with van der Waals surface area (Å²) in [4.78, 5) is 21.0. The van der Waals surface area contributed by atoms with Gasteiger partial charge in [-0.3, -0.25) is 4.90 Å². The molecular weight excluding hydrogens is 280 g/mol. The number of hydrogen-bond donors (Lipinski definition) is 1. The Bertz CT molecular complexity index is 521. The number of rotatable bonds is 4. The number of nitrogens with zero attached hydrogens (tertiary/aromatic N) is 3. The molecule has 2 bridgehead atoms. The number of amides is 2. The summed E-state index contributed by atoms with van der Waals surface area (Å²) in [5.41, 5.74) is 0.703. The van der Waals surface area contributed by atoms with Crippen LogP contribution in [0.2, 0.25) is 0 Å². The number of anilines is 1. The smallest absolute Gasteiger partial charge is 0.322 e. The van der Waals surface area contributed by atoms with E-state index in [1.165, 1.54) is 0 Å². The zero-order valence-electron chi connectivity index (χ0n) is 13.5. The summed E-state index contributed by atoms with van der Waals surface area (Å²) < 4.78 is 5.02. The molecule has 3 saturated heterocycles. The van der Waals surface area contributed by atoms with Crippen LogP contribution in [0.25, 0.3) is 0 Å². The lowest BCUT2D eigenvalue weighted by Crippen LogP contribution is -2.71. The third-order valence-electron chi connectivity index (χ3n) is 4.87. The van der Waals surface area contributed by atoms with E-state index < -0.39 is 0 Å². The predicted molar refractivity (Wildman–Crippen MR) is 85.2 cm³/mol. The molecule has 3 unspecified atom stereocenters. The minimum Gasteiger partial charge on any atom is -0.481 e. The number of ether oxygens (including phenoxy) is 1. The van der Waals surface area contributed by atoms with E-state index in [0.717, 1.165) is 25.9 Å². The fraction of sp³-hybridized carbons (Fsp3) is 0.625. The van der Waals surface area contributed by atoms with Crippen molar-refractivity contribution in [2.75, 3.05) is 25.5 Å². The lowest BCUT2D eigenvalue weighted by atomic mass is 9.87. The summed E-state index contributed by atoms with van der Waals surface area (Å²) in [6.45, 7) is 6.45. The Hall–Kier alpha value is -1.82. The van der Waals surface area contributed by atoms with Gasteiger partial charge in [0.1, 0.15) is 0 Å². The van der Waals surface area contributed by atoms with E-state index in [2.05, 4.69) is 29.0 Å². The maximum absolute atomic E-state index is 12.4. The fourth-order valence-electron chi connectivity index (χ4n) is 3.36. The van der Waals surface area contributed by atoms with Crippen LogP contribution >= 0.6 is 0 Å². The van der Waals surface area contributed by atoms with Gasteiger partial charge in [-0.2, -0.15) is 0 Å². The molecule has 6 heteroatoms. The normalized spacial score (nSPS) is 25.3. The molecule has 3 fully saturated rings. The molecule has 3 aliphatic heterocycles. The van der Waals surface area contributed by atoms with Crippen molar-refractivity contribution in [2.24, 2.45) is 0 Å². The summed E-state index contributed by atoms with van der Waals surface area (Å²) in [6.07, 6.45) is 3.90. The summed E-state index contributed by atoms with van der Waals surface area (Å²) in [6, 6.07) is 4.83. The average Bonchev–Trinajstić information content (AvgIpc) is 2.54. The third kappa shape index (κ3) is 2.75. The van der Waals surface area contributed by atoms with Crippen LogP contribution in [-0.2, 0) is 0 Å². The maximum Gasteiger partial charge on any atom is 0.322 e. The number of carbonyl (C=O) groups is 1. The standard InChI is InChI=1S/C16H24N4O2/c1-4-11(2)19-9-13-7-14(10-19)20(13)16(21)18-12-5-6-15(22-3)17-8-12/h5-6,8,11,13-14H,4,7,9-10H2,1-3H3,(H,18,21). The van der Waals surface area contributed by atoms with Crippen molar-refractivity contribution in [1.29, 1.82) is 0 Å². The molecule has 3 atom stereocenters. The molecule has 4 rings (SSSR count). The molecule has 22 heavy (non-hydrogen) atoms. The lowest BCUT2D eigenvalue weighted by molar-refractivity contribution is -0.0460. The Morgan fingerprint density at radius 1 is 1.45 bits per heavy atom. The summed E-state index contributed by atoms with van der Waals surface area (Å²) in [7, 11) is 1.57. The molecule has 1 aromatic rings. The van der Waals surface area contributed by atoms with E-state index >= 15 is 0 Å². The van der Waals surface area contributed by atoms with Crippen LogP contribution in [0.5, 0.6) is 5.88 Å². The van der Waals surface area contributed by atoms with Gasteiger partial charge in [0.15, 0.2) is 0 Å². The second-order valence-corrected chi connectivity index (χ2v) is 6.18. The van der Waals surface area contributed by atoms with Gasteiger partial charge >= 0.3 is 6.03 Å². The number of methoxy groups -OCH3 is 1. The third-order valence-corrected chi connectivity index (χ3v) is 4.87. The van der Waals surface area contributed by atoms with Crippen molar-refractivity contribution in [2.45, 2.75) is 44.8 Å². The Labute approximate surface area is 131 Å². The van der Waals surface area contributed by atoms with E-state index in [0.29, 0.717) is 29.7 Å². The van der Waals surface area contributed by atoms with Gasteiger partial charge in [-0.1, -0.05) is 6.92 Å². The van der Waals surface area contributed by atoms with E-state index in [4.69, 9.17) is 4.74 Å². The highest BCUT2D eigenvalue weighted by Gasteiger charge is 2.47. The largest absolute Gasteiger partial charge is 0.481 e. The highest BCUT2D eigenvalue weighted by molar-refractivity contribution is 5.90. The van der Waals surface area contributed by atoms with Gasteiger partial charge < -0.3 is 15.0 Å². The van der Waals surface area contributed by atoms with Gasteiger partial charge in [0.2, 0.25) is 5.88 Å². The highest BCUT2D eigenvalue weighted by Crippen LogP contribution is 2.34. The first-order chi connectivity index (χ1) is 10.6. The molecule has 4 heterocycles. The Morgan fingerprint density at radius 3 is 2.73 bits per heavy atom. The van der Waals surface area contributed by atoms with Crippen LogP contribution in [-0.4, -0.2) is 59.1 Å². The fourth-order valence-corrected chi connectivity index (χ4v) is 3.36. The number of nitrogens with one attached hydrogen (secondary N) is 1. The van der Waals surface area contributed by atoms with E-state index in [1.807, 2.05) is 11.0 Å². The minimum absolute atomic E-state index is 0.0166. The molecule has 3 aliphatic rings. The summed E-state index contributed by atoms with van der Waals surface area (Å²) in [5.74, 6) is 0.544. The monoisotopic (exact) mass is 304 g/mol. The van der Waals surface area contributed by atoms with Crippen molar-refractivity contribution in [1.82, 2.24) is 14.8 Å². The first-order valence-corrected chi connectivity index (χ1v) is 7.95. The SMILES string of the molecule is CCC(C)N1CC2CC(C1)N2C(=O)Nc1ccc(OC)nc1. The molecule has 0 aliphatic carbocycles. The van der Waals surface area contributed by atoms with Crippen molar-refractivity contribution in [3.63, 3.8) is 0 Å². The molecule has 2 amide bonds. The lowest BCUT2D eigenvalue weighted by Gasteiger charge is -2.57. The molecule has 120 valence electrons. The minimum atomic E-state index is -0.0166. The predicted octanol–water partition coefficient (Wildman–Crippen LogP) is 2.18. The Kier molecular flexibility index (Phi) is 4.20. The zero-order chi connectivity index (χ0) is 15.7. The summed E-state index contributed by atoms with van der Waals surface area (Å²) >= 11 is 0. The van der Waals surface area contributed by atoms with Gasteiger partial charge in [-0.15, -0.1) is 0 Å². The highest BCUT2D eigenvalue weighted by atomic mass is 16.5. The Balaban J connectivity index is 1.58. The number of hydrogen-bond acceptors (Lipinski definition) is 4. The number of piperidine rings is 1. The summed E-state index contributed by atoms with van der Waals surface area (Å²) in [5, 5.41) is 2.93. The topological polar surface area (TPSA) is 57.7 Å². The van der Waals surface area contributed by atoms with Crippen molar-refractivity contribution < 1.29 is 9.53 Å². The molecule has 1 aromatic heterocycles. The number of pyridine rings is 1. The molecule has 1 N–H and O–H groups in total. The van der Waals surface area contributed by atoms with Gasteiger partial charge in [0.25, 0.3) is 0 Å². The van der Waals surface area contributed by atoms with Crippen LogP contribution in [0.15, 0.2) is 18.3 Å². The number of aromatic nitrogens is 1. The van der Waals surface area contributed by atoms with E-state index in [9.17, 15) is 4.79 Å². The van der Waals surface area contributed by atoms with Gasteiger partial charge in [0.05, 0.1) is 19.0 Å². The number of fused-ring (bicyclic) bond motifs is 2. The quantitative estimate of drug-likeness (QED) is 0.926. The van der Waals surface area contributed by atoms with Crippen LogP contribution in [0, 0.1) is 0 Å². The van der Waals surface area contributed by atoms with Gasteiger partial charge in [0, 0.05) is 37.3 Å². The molecular formula is C16H24N4O2. The molecule has 0 radical (unpaired) electrons. The number of urea groups is 1. The Morgan fingerprint density at radius 2 is 2.18 bits per heavy atom. The van der Waals surface area contributed by atoms with E-state index in [-0.39, 0.29) is 6.03 Å². The van der Waals surface area contributed by atoms with Gasteiger partial charge in [-0.05, 0) is 25.8 Å². The van der Waals surface area contributed by atoms with E-state index in [1.54, 1.807) is 19.4 Å². The van der Waals surface area contributed by atoms with Crippen molar-refractivity contribution in [3.05, 3.63) is 18.3 Å². The average molecular weight is 304 g/mol. The second kappa shape index (κ2) is 6.12. The van der Waals surface area contributed by atoms with Crippen LogP contribution in [0.1, 0.15) is 26.7 Å². The maximum atomic E-state index is 12.4. The first kappa shape index (κ1) is 15.1. The van der Waals surface area contributed by atoms with Crippen LogP contribution < -0.4 is 10.1 Å². The van der Waals surface area contributed by atoms with Crippen LogP contribution in [0.4, 0.5) is 10.5 Å². The molecule has 0 aromatic carbocycles. The van der Waals surface area contributed by atoms with Crippen molar-refractivity contribution >= 4 is 11.7 Å². The van der Waals surface area contributed by atoms with Crippen molar-refractivity contribution in [3.8, 4) is 5.88 Å². The molecule has 0 spiro atoms. The zero-order valence-corrected chi connectivity index (χ0v) is 13.5. The molecule has 0 saturated carbocycles. The number of piperazine rings is 1.